The maximum Gasteiger partial charge on any atom is 0.119 e. The molecule has 6 rings (SSSR count). The van der Waals surface area contributed by atoms with E-state index < -0.39 is 0 Å². The van der Waals surface area contributed by atoms with Crippen LogP contribution in [0, 0.1) is 0 Å². The smallest absolute Gasteiger partial charge is 0.119 e. The summed E-state index contributed by atoms with van der Waals surface area (Å²) in [5.74, 6) is 2.57. The monoisotopic (exact) mass is 577 g/mol. The molecule has 0 bridgehead atoms. The minimum Gasteiger partial charge on any atom is -0.497 e. The number of hydrogen-bond acceptors (Lipinski definition) is 3. The van der Waals surface area contributed by atoms with E-state index in [9.17, 15) is 0 Å². The fourth-order valence-electron chi connectivity index (χ4n) is 6.76. The molecule has 0 amide bonds. The SMILES string of the molecule is CCCn1cc(C(c2cn(CCC)c3ccc(OC)cc23)c2cn(CCC)c3ccc(OC)cc23)c2cc(OC)ccc21. The Bertz CT molecular complexity index is 1670. The molecule has 0 aliphatic carbocycles. The first-order valence-electron chi connectivity index (χ1n) is 15.5. The van der Waals surface area contributed by atoms with Crippen molar-refractivity contribution in [3.8, 4) is 17.2 Å². The number of methoxy groups -OCH3 is 3. The van der Waals surface area contributed by atoms with Crippen molar-refractivity contribution in [1.29, 1.82) is 0 Å². The molecule has 0 saturated heterocycles. The second-order valence-corrected chi connectivity index (χ2v) is 11.4. The van der Waals surface area contributed by atoms with E-state index in [0.717, 1.165) is 56.1 Å². The van der Waals surface area contributed by atoms with Crippen LogP contribution in [0.3, 0.4) is 0 Å². The Morgan fingerprint density at radius 1 is 0.488 bits per heavy atom. The highest BCUT2D eigenvalue weighted by molar-refractivity contribution is 5.94. The van der Waals surface area contributed by atoms with Gasteiger partial charge in [0.2, 0.25) is 0 Å². The molecule has 0 spiro atoms. The Morgan fingerprint density at radius 2 is 0.791 bits per heavy atom. The van der Waals surface area contributed by atoms with Crippen LogP contribution in [0.2, 0.25) is 0 Å². The Kier molecular flexibility index (Phi) is 8.11. The molecule has 0 radical (unpaired) electrons. The predicted octanol–water partition coefficient (Wildman–Crippen LogP) is 8.99. The van der Waals surface area contributed by atoms with Crippen molar-refractivity contribution in [2.75, 3.05) is 21.3 Å². The van der Waals surface area contributed by atoms with Crippen LogP contribution < -0.4 is 14.2 Å². The molecule has 0 unspecified atom stereocenters. The van der Waals surface area contributed by atoms with Crippen LogP contribution in [0.1, 0.15) is 62.6 Å². The quantitative estimate of drug-likeness (QED) is 0.146. The lowest BCUT2D eigenvalue weighted by Crippen LogP contribution is -2.04. The van der Waals surface area contributed by atoms with Crippen molar-refractivity contribution in [2.24, 2.45) is 0 Å². The maximum atomic E-state index is 5.76. The average molecular weight is 578 g/mol. The fraction of sp³-hybridized carbons (Fsp3) is 0.351. The Balaban J connectivity index is 1.75. The summed E-state index contributed by atoms with van der Waals surface area (Å²) in [7, 11) is 5.24. The highest BCUT2D eigenvalue weighted by atomic mass is 16.5. The van der Waals surface area contributed by atoms with Gasteiger partial charge in [0, 0.05) is 76.9 Å². The van der Waals surface area contributed by atoms with E-state index in [1.54, 1.807) is 21.3 Å². The van der Waals surface area contributed by atoms with E-state index in [2.05, 4.69) is 108 Å². The van der Waals surface area contributed by atoms with Gasteiger partial charge in [0.25, 0.3) is 0 Å². The van der Waals surface area contributed by atoms with Crippen LogP contribution in [-0.2, 0) is 19.6 Å². The van der Waals surface area contributed by atoms with Gasteiger partial charge in [-0.2, -0.15) is 0 Å². The Morgan fingerprint density at radius 3 is 1.05 bits per heavy atom. The average Bonchev–Trinajstić information content (AvgIpc) is 3.69. The number of aromatic nitrogens is 3. The molecule has 0 aliphatic rings. The number of fused-ring (bicyclic) bond motifs is 3. The van der Waals surface area contributed by atoms with Gasteiger partial charge in [0.15, 0.2) is 0 Å². The summed E-state index contributed by atoms with van der Waals surface area (Å²) in [6.07, 6.45) is 10.3. The summed E-state index contributed by atoms with van der Waals surface area (Å²) in [5.41, 5.74) is 7.52. The molecular weight excluding hydrogens is 534 g/mol. The van der Waals surface area contributed by atoms with Gasteiger partial charge in [-0.25, -0.2) is 0 Å². The molecule has 43 heavy (non-hydrogen) atoms. The number of ether oxygens (including phenoxy) is 3. The molecular formula is C37H43N3O3. The van der Waals surface area contributed by atoms with E-state index in [-0.39, 0.29) is 5.92 Å². The first-order valence-corrected chi connectivity index (χ1v) is 15.5. The third kappa shape index (κ3) is 5.03. The zero-order valence-electron chi connectivity index (χ0n) is 26.3. The van der Waals surface area contributed by atoms with Gasteiger partial charge < -0.3 is 27.9 Å². The van der Waals surface area contributed by atoms with Gasteiger partial charge in [-0.15, -0.1) is 0 Å². The van der Waals surface area contributed by atoms with Gasteiger partial charge >= 0.3 is 0 Å². The number of hydrogen-bond donors (Lipinski definition) is 0. The normalized spacial score (nSPS) is 11.8. The van der Waals surface area contributed by atoms with E-state index in [4.69, 9.17) is 14.2 Å². The van der Waals surface area contributed by atoms with Crippen LogP contribution in [0.15, 0.2) is 73.2 Å². The van der Waals surface area contributed by atoms with Crippen molar-refractivity contribution in [2.45, 2.75) is 65.6 Å². The van der Waals surface area contributed by atoms with Crippen molar-refractivity contribution in [3.63, 3.8) is 0 Å². The van der Waals surface area contributed by atoms with Crippen LogP contribution in [-0.4, -0.2) is 35.0 Å². The molecule has 6 nitrogen and oxygen atoms in total. The van der Waals surface area contributed by atoms with Gasteiger partial charge in [0.05, 0.1) is 21.3 Å². The number of nitrogens with zero attached hydrogens (tertiary/aromatic N) is 3. The molecule has 3 heterocycles. The summed E-state index contributed by atoms with van der Waals surface area (Å²) in [6.45, 7) is 9.57. The zero-order chi connectivity index (χ0) is 30.1. The molecule has 6 heteroatoms. The third-order valence-corrected chi connectivity index (χ3v) is 8.68. The summed E-state index contributed by atoms with van der Waals surface area (Å²) < 4.78 is 24.5. The number of rotatable bonds is 12. The summed E-state index contributed by atoms with van der Waals surface area (Å²) in [6, 6.07) is 19.5. The molecule has 0 atom stereocenters. The highest BCUT2D eigenvalue weighted by Crippen LogP contribution is 2.45. The maximum absolute atomic E-state index is 5.76. The number of benzene rings is 3. The summed E-state index contributed by atoms with van der Waals surface area (Å²) in [4.78, 5) is 0. The van der Waals surface area contributed by atoms with E-state index >= 15 is 0 Å². The summed E-state index contributed by atoms with van der Waals surface area (Å²) >= 11 is 0. The second kappa shape index (κ2) is 12.1. The first-order chi connectivity index (χ1) is 21.0. The molecule has 0 N–H and O–H groups in total. The van der Waals surface area contributed by atoms with Gasteiger partial charge in [-0.1, -0.05) is 20.8 Å². The molecule has 224 valence electrons. The predicted molar refractivity (Wildman–Crippen MR) is 177 cm³/mol. The van der Waals surface area contributed by atoms with Crippen LogP contribution >= 0.6 is 0 Å². The minimum absolute atomic E-state index is 0.0341. The van der Waals surface area contributed by atoms with Crippen molar-refractivity contribution in [3.05, 3.63) is 89.9 Å². The largest absolute Gasteiger partial charge is 0.497 e. The molecule has 0 fully saturated rings. The Hall–Kier alpha value is -4.32. The Labute approximate surface area is 254 Å². The molecule has 3 aromatic heterocycles. The van der Waals surface area contributed by atoms with Crippen LogP contribution in [0.5, 0.6) is 17.2 Å². The molecule has 6 aromatic rings. The standard InChI is InChI=1S/C37H43N3O3/c1-7-16-38-22-31(28-19-25(41-4)10-13-34(28)38)37(32-23-39(17-8-2)35-14-11-26(42-5)20-29(32)35)33-24-40(18-9-3)36-15-12-27(43-6)21-30(33)36/h10-15,19-24,37H,7-9,16-18H2,1-6H3. The lowest BCUT2D eigenvalue weighted by atomic mass is 9.84. The van der Waals surface area contributed by atoms with Gasteiger partial charge in [-0.3, -0.25) is 0 Å². The minimum atomic E-state index is -0.0341. The zero-order valence-corrected chi connectivity index (χ0v) is 26.3. The fourth-order valence-corrected chi connectivity index (χ4v) is 6.76. The van der Waals surface area contributed by atoms with Gasteiger partial charge in [-0.05, 0) is 90.6 Å². The molecule has 3 aromatic carbocycles. The van der Waals surface area contributed by atoms with Crippen molar-refractivity contribution < 1.29 is 14.2 Å². The van der Waals surface area contributed by atoms with Gasteiger partial charge in [0.1, 0.15) is 17.2 Å². The van der Waals surface area contributed by atoms with E-state index in [0.29, 0.717) is 0 Å². The third-order valence-electron chi connectivity index (χ3n) is 8.68. The molecule has 0 aliphatic heterocycles. The van der Waals surface area contributed by atoms with Crippen LogP contribution in [0.25, 0.3) is 32.7 Å². The molecule has 0 saturated carbocycles. The topological polar surface area (TPSA) is 42.5 Å². The summed E-state index contributed by atoms with van der Waals surface area (Å²) in [5, 5.41) is 3.66. The van der Waals surface area contributed by atoms with E-state index in [1.807, 2.05) is 0 Å². The van der Waals surface area contributed by atoms with Crippen LogP contribution in [0.4, 0.5) is 0 Å². The van der Waals surface area contributed by atoms with E-state index in [1.165, 1.54) is 49.4 Å². The highest BCUT2D eigenvalue weighted by Gasteiger charge is 2.29. The number of aryl methyl sites for hydroxylation is 3. The van der Waals surface area contributed by atoms with Crippen molar-refractivity contribution in [1.82, 2.24) is 13.7 Å². The lowest BCUT2D eigenvalue weighted by Gasteiger charge is -2.17. The van der Waals surface area contributed by atoms with Crippen molar-refractivity contribution >= 4 is 32.7 Å². The second-order valence-electron chi connectivity index (χ2n) is 11.4. The lowest BCUT2D eigenvalue weighted by molar-refractivity contribution is 0.415. The first kappa shape index (κ1) is 28.8.